The monoisotopic (exact) mass is 571 g/mol. The van der Waals surface area contributed by atoms with Gasteiger partial charge in [-0.1, -0.05) is 71.8 Å². The molecule has 1 aliphatic heterocycles. The number of para-hydroxylation sites is 4. The molecule has 210 valence electrons. The van der Waals surface area contributed by atoms with E-state index in [9.17, 15) is 0 Å². The summed E-state index contributed by atoms with van der Waals surface area (Å²) in [5.74, 6) is 3.11. The molecule has 0 radical (unpaired) electrons. The van der Waals surface area contributed by atoms with Gasteiger partial charge in [0.1, 0.15) is 0 Å². The number of benzene rings is 5. The lowest BCUT2D eigenvalue weighted by atomic mass is 10.1. The number of hydrogen-bond acceptors (Lipinski definition) is 6. The Morgan fingerprint density at radius 3 is 1.61 bits per heavy atom. The molecule has 4 heterocycles. The van der Waals surface area contributed by atoms with Gasteiger partial charge in [-0.2, -0.15) is 0 Å². The molecule has 1 aliphatic rings. The molecule has 0 unspecified atom stereocenters. The number of rotatable bonds is 3. The van der Waals surface area contributed by atoms with Crippen molar-refractivity contribution >= 4 is 39.4 Å². The van der Waals surface area contributed by atoms with Crippen molar-refractivity contribution < 1.29 is 4.74 Å². The molecule has 0 spiro atoms. The van der Waals surface area contributed by atoms with E-state index in [1.54, 1.807) is 0 Å². The summed E-state index contributed by atoms with van der Waals surface area (Å²) in [4.78, 5) is 2.24. The molecule has 0 aliphatic carbocycles. The first kappa shape index (κ1) is 24.6. The van der Waals surface area contributed by atoms with E-state index in [1.165, 1.54) is 0 Å². The summed E-state index contributed by atoms with van der Waals surface area (Å²) in [6.45, 7) is 4.17. The van der Waals surface area contributed by atoms with Crippen molar-refractivity contribution in [3.05, 3.63) is 126 Å². The Labute approximate surface area is 252 Å². The number of fused-ring (bicyclic) bond motifs is 8. The maximum atomic E-state index is 6.30. The molecule has 44 heavy (non-hydrogen) atoms. The smallest absolute Gasteiger partial charge is 0.207 e. The minimum Gasteiger partial charge on any atom is -0.453 e. The van der Waals surface area contributed by atoms with E-state index in [4.69, 9.17) is 14.9 Å². The van der Waals surface area contributed by atoms with Crippen LogP contribution in [0, 0.1) is 13.8 Å². The number of aromatic nitrogens is 6. The number of hydrogen-bond donors (Lipinski definition) is 0. The molecule has 9 rings (SSSR count). The first-order chi connectivity index (χ1) is 21.6. The number of ether oxygens (including phenoxy) is 1. The second kappa shape index (κ2) is 9.24. The summed E-state index contributed by atoms with van der Waals surface area (Å²) < 4.78 is 10.5. The van der Waals surface area contributed by atoms with Gasteiger partial charge in [-0.25, -0.2) is 0 Å². The van der Waals surface area contributed by atoms with E-state index >= 15 is 0 Å². The van der Waals surface area contributed by atoms with Gasteiger partial charge in [-0.15, -0.1) is 20.4 Å². The van der Waals surface area contributed by atoms with Gasteiger partial charge in [0.15, 0.2) is 23.1 Å². The van der Waals surface area contributed by atoms with E-state index in [1.807, 2.05) is 48.5 Å². The maximum Gasteiger partial charge on any atom is 0.207 e. The summed E-state index contributed by atoms with van der Waals surface area (Å²) in [6.07, 6.45) is 0. The molecule has 0 bridgehead atoms. The quantitative estimate of drug-likeness (QED) is 0.212. The summed E-state index contributed by atoms with van der Waals surface area (Å²) >= 11 is 0. The Hall–Kier alpha value is -6.02. The molecular formula is C36H25N7O. The zero-order valence-corrected chi connectivity index (χ0v) is 24.0. The van der Waals surface area contributed by atoms with Crippen LogP contribution in [0.2, 0.25) is 0 Å². The lowest BCUT2D eigenvalue weighted by molar-refractivity contribution is 0.477. The number of nitrogens with zero attached hydrogens (tertiary/aromatic N) is 7. The van der Waals surface area contributed by atoms with Crippen molar-refractivity contribution in [2.24, 2.45) is 0 Å². The molecule has 8 aromatic rings. The summed E-state index contributed by atoms with van der Waals surface area (Å²) in [5, 5.41) is 18.8. The summed E-state index contributed by atoms with van der Waals surface area (Å²) in [7, 11) is 0. The molecule has 0 atom stereocenters. The molecule has 8 nitrogen and oxygen atoms in total. The minimum absolute atomic E-state index is 0.639. The van der Waals surface area contributed by atoms with Crippen molar-refractivity contribution in [3.8, 4) is 34.3 Å². The fraction of sp³-hybridized carbons (Fsp3) is 0.0556. The van der Waals surface area contributed by atoms with Crippen molar-refractivity contribution in [2.45, 2.75) is 13.8 Å². The summed E-state index contributed by atoms with van der Waals surface area (Å²) in [6, 6.07) is 39.4. The van der Waals surface area contributed by atoms with Crippen molar-refractivity contribution in [3.63, 3.8) is 0 Å². The van der Waals surface area contributed by atoms with Crippen LogP contribution < -0.4 is 9.64 Å². The number of anilines is 3. The largest absolute Gasteiger partial charge is 0.453 e. The van der Waals surface area contributed by atoms with Gasteiger partial charge >= 0.3 is 0 Å². The molecule has 5 aromatic carbocycles. The Bertz CT molecular complexity index is 2380. The fourth-order valence-corrected chi connectivity index (χ4v) is 6.26. The first-order valence-electron chi connectivity index (χ1n) is 14.5. The predicted molar refractivity (Wildman–Crippen MR) is 172 cm³/mol. The van der Waals surface area contributed by atoms with E-state index in [-0.39, 0.29) is 0 Å². The van der Waals surface area contributed by atoms with Gasteiger partial charge in [0, 0.05) is 16.8 Å². The molecule has 0 saturated carbocycles. The Morgan fingerprint density at radius 2 is 1.05 bits per heavy atom. The zero-order valence-electron chi connectivity index (χ0n) is 24.0. The first-order valence-corrected chi connectivity index (χ1v) is 14.5. The average molecular weight is 572 g/mol. The van der Waals surface area contributed by atoms with Crippen LogP contribution in [0.25, 0.3) is 45.1 Å². The Balaban J connectivity index is 1.39. The van der Waals surface area contributed by atoms with Crippen LogP contribution in [0.15, 0.2) is 115 Å². The second-order valence-corrected chi connectivity index (χ2v) is 11.2. The SMILES string of the molecule is Cc1cccc(-c2nnc3c4nnc(-c5cccc(C)c5)n4c4cc(N5c6ccccc6Oc6ccccc65)ccc4n23)c1. The third kappa shape index (κ3) is 3.57. The highest BCUT2D eigenvalue weighted by Crippen LogP contribution is 2.50. The van der Waals surface area contributed by atoms with Crippen molar-refractivity contribution in [1.29, 1.82) is 0 Å². The second-order valence-electron chi connectivity index (χ2n) is 11.2. The highest BCUT2D eigenvalue weighted by molar-refractivity contribution is 5.94. The van der Waals surface area contributed by atoms with Gasteiger partial charge in [0.2, 0.25) is 11.3 Å². The van der Waals surface area contributed by atoms with Gasteiger partial charge in [0.25, 0.3) is 0 Å². The highest BCUT2D eigenvalue weighted by atomic mass is 16.5. The van der Waals surface area contributed by atoms with Crippen LogP contribution in [0.5, 0.6) is 11.5 Å². The van der Waals surface area contributed by atoms with Crippen molar-refractivity contribution in [2.75, 3.05) is 4.90 Å². The zero-order chi connectivity index (χ0) is 29.4. The molecule has 0 saturated heterocycles. The normalized spacial score (nSPS) is 12.5. The Morgan fingerprint density at radius 1 is 0.500 bits per heavy atom. The van der Waals surface area contributed by atoms with Crippen LogP contribution in [-0.2, 0) is 0 Å². The summed E-state index contributed by atoms with van der Waals surface area (Å²) in [5.41, 5.74) is 10.4. The van der Waals surface area contributed by atoms with E-state index in [0.29, 0.717) is 11.3 Å². The average Bonchev–Trinajstić information content (AvgIpc) is 3.69. The van der Waals surface area contributed by atoms with E-state index in [0.717, 1.165) is 73.5 Å². The topological polar surface area (TPSA) is 72.8 Å². The molecule has 0 amide bonds. The van der Waals surface area contributed by atoms with Gasteiger partial charge in [-0.05, 0) is 68.4 Å². The van der Waals surface area contributed by atoms with Gasteiger partial charge < -0.3 is 9.64 Å². The minimum atomic E-state index is 0.639. The van der Waals surface area contributed by atoms with E-state index < -0.39 is 0 Å². The van der Waals surface area contributed by atoms with Crippen LogP contribution in [0.1, 0.15) is 11.1 Å². The van der Waals surface area contributed by atoms with Crippen molar-refractivity contribution in [1.82, 2.24) is 29.2 Å². The molecular weight excluding hydrogens is 546 g/mol. The maximum absolute atomic E-state index is 6.30. The standard InChI is InChI=1S/C36H25N7O/c1-22-9-7-11-24(19-22)33-37-39-35-36-40-38-34(25-12-8-10-23(2)20-25)43(36)30-21-26(17-18-27(30)42(33)35)41-28-13-3-5-15-31(28)44-32-16-6-4-14-29(32)41/h3-21H,1-2H3. The van der Waals surface area contributed by atoms with Crippen LogP contribution in [-0.4, -0.2) is 29.2 Å². The molecule has 3 aromatic heterocycles. The Kier molecular flexibility index (Phi) is 5.16. The fourth-order valence-electron chi connectivity index (χ4n) is 6.26. The van der Waals surface area contributed by atoms with Crippen LogP contribution in [0.3, 0.4) is 0 Å². The lowest BCUT2D eigenvalue weighted by Gasteiger charge is -2.32. The number of aryl methyl sites for hydroxylation is 2. The van der Waals surface area contributed by atoms with Crippen LogP contribution >= 0.6 is 0 Å². The van der Waals surface area contributed by atoms with Gasteiger partial charge in [-0.3, -0.25) is 8.80 Å². The van der Waals surface area contributed by atoms with Gasteiger partial charge in [0.05, 0.1) is 22.4 Å². The molecule has 0 fully saturated rings. The highest BCUT2D eigenvalue weighted by Gasteiger charge is 2.27. The van der Waals surface area contributed by atoms with E-state index in [2.05, 4.69) is 104 Å². The molecule has 8 heteroatoms. The molecule has 0 N–H and O–H groups in total. The predicted octanol–water partition coefficient (Wildman–Crippen LogP) is 8.45. The van der Waals surface area contributed by atoms with Crippen LogP contribution in [0.4, 0.5) is 17.1 Å². The third-order valence-corrected chi connectivity index (χ3v) is 8.21. The lowest BCUT2D eigenvalue weighted by Crippen LogP contribution is -2.15. The third-order valence-electron chi connectivity index (χ3n) is 8.21.